The van der Waals surface area contributed by atoms with Crippen molar-refractivity contribution in [3.8, 4) is 22.9 Å². The maximum absolute atomic E-state index is 13.4. The SMILES string of the molecule is COc1ccc2c(c1OC)C(=O)C1c3ccccc3-c3nc(=O)[nH]n3C21. The Morgan fingerprint density at radius 3 is 2.62 bits per heavy atom. The van der Waals surface area contributed by atoms with Crippen LogP contribution in [0.3, 0.4) is 0 Å². The van der Waals surface area contributed by atoms with Crippen LogP contribution in [0, 0.1) is 0 Å². The summed E-state index contributed by atoms with van der Waals surface area (Å²) in [5.41, 5.74) is 2.52. The van der Waals surface area contributed by atoms with Gasteiger partial charge in [0.2, 0.25) is 0 Å². The number of fused-ring (bicyclic) bond motifs is 8. The molecule has 0 spiro atoms. The van der Waals surface area contributed by atoms with Crippen LogP contribution < -0.4 is 15.2 Å². The minimum absolute atomic E-state index is 0.0478. The molecule has 2 aromatic carbocycles. The number of aromatic amines is 1. The molecule has 0 bridgehead atoms. The summed E-state index contributed by atoms with van der Waals surface area (Å²) >= 11 is 0. The third-order valence-corrected chi connectivity index (χ3v) is 5.21. The highest BCUT2D eigenvalue weighted by Gasteiger charge is 2.49. The van der Waals surface area contributed by atoms with Gasteiger partial charge in [-0.1, -0.05) is 30.3 Å². The summed E-state index contributed by atoms with van der Waals surface area (Å²) < 4.78 is 12.5. The first-order chi connectivity index (χ1) is 12.7. The normalized spacial score (nSPS) is 19.4. The van der Waals surface area contributed by atoms with E-state index in [1.54, 1.807) is 10.7 Å². The Hall–Kier alpha value is -3.35. The number of ether oxygens (including phenoxy) is 2. The van der Waals surface area contributed by atoms with E-state index in [-0.39, 0.29) is 11.8 Å². The van der Waals surface area contributed by atoms with Gasteiger partial charge in [-0.2, -0.15) is 4.98 Å². The molecule has 7 heteroatoms. The number of ketones is 1. The molecule has 7 nitrogen and oxygen atoms in total. The van der Waals surface area contributed by atoms with Gasteiger partial charge in [0.05, 0.1) is 31.7 Å². The van der Waals surface area contributed by atoms with Gasteiger partial charge in [0.15, 0.2) is 23.1 Å². The van der Waals surface area contributed by atoms with Crippen molar-refractivity contribution in [3.05, 3.63) is 63.6 Å². The number of Topliss-reactive ketones (excluding diaryl/α,β-unsaturated/α-hetero) is 1. The summed E-state index contributed by atoms with van der Waals surface area (Å²) in [6, 6.07) is 10.8. The van der Waals surface area contributed by atoms with Gasteiger partial charge in [0.25, 0.3) is 0 Å². The zero-order valence-corrected chi connectivity index (χ0v) is 14.1. The van der Waals surface area contributed by atoms with E-state index in [1.165, 1.54) is 14.2 Å². The third-order valence-electron chi connectivity index (χ3n) is 5.21. The molecule has 2 unspecified atom stereocenters. The van der Waals surface area contributed by atoms with Crippen LogP contribution in [-0.4, -0.2) is 34.8 Å². The van der Waals surface area contributed by atoms with Gasteiger partial charge in [-0.25, -0.2) is 9.89 Å². The summed E-state index contributed by atoms with van der Waals surface area (Å²) in [5, 5.41) is 2.76. The number of hydrogen-bond acceptors (Lipinski definition) is 5. The average Bonchev–Trinajstić information content (AvgIpc) is 3.19. The average molecular weight is 349 g/mol. The number of rotatable bonds is 2. The molecule has 1 aliphatic carbocycles. The Balaban J connectivity index is 1.86. The van der Waals surface area contributed by atoms with Gasteiger partial charge < -0.3 is 9.47 Å². The highest BCUT2D eigenvalue weighted by molar-refractivity contribution is 6.10. The standard InChI is InChI=1S/C19H15N3O4/c1-25-12-8-7-11-14(17(12)26-2)16(23)13-9-5-3-4-6-10(9)18-20-19(24)21-22(18)15(11)13/h3-8,13,15H,1-2H3,(H,21,24). The molecule has 0 fully saturated rings. The molecule has 0 amide bonds. The van der Waals surface area contributed by atoms with Crippen LogP contribution >= 0.6 is 0 Å². The molecule has 2 atom stereocenters. The maximum Gasteiger partial charge on any atom is 0.361 e. The molecule has 5 rings (SSSR count). The zero-order chi connectivity index (χ0) is 18.0. The zero-order valence-electron chi connectivity index (χ0n) is 14.1. The lowest BCUT2D eigenvalue weighted by molar-refractivity contribution is 0.0954. The Labute approximate surface area is 148 Å². The molecule has 0 saturated carbocycles. The van der Waals surface area contributed by atoms with E-state index in [2.05, 4.69) is 10.1 Å². The molecule has 2 aliphatic rings. The summed E-state index contributed by atoms with van der Waals surface area (Å²) in [6.07, 6.45) is 0. The fraction of sp³-hybridized carbons (Fsp3) is 0.211. The Morgan fingerprint density at radius 2 is 1.85 bits per heavy atom. The van der Waals surface area contributed by atoms with Crippen LogP contribution in [0.15, 0.2) is 41.2 Å². The quantitative estimate of drug-likeness (QED) is 0.766. The van der Waals surface area contributed by atoms with E-state index < -0.39 is 11.6 Å². The Kier molecular flexibility index (Phi) is 2.92. The predicted molar refractivity (Wildman–Crippen MR) is 93.0 cm³/mol. The second-order valence-corrected chi connectivity index (χ2v) is 6.36. The van der Waals surface area contributed by atoms with Gasteiger partial charge in [-0.3, -0.25) is 9.48 Å². The number of H-pyrrole nitrogens is 1. The van der Waals surface area contributed by atoms with E-state index in [0.717, 1.165) is 16.7 Å². The lowest BCUT2D eigenvalue weighted by Crippen LogP contribution is -2.25. The van der Waals surface area contributed by atoms with Crippen LogP contribution in [0.4, 0.5) is 0 Å². The molecule has 0 radical (unpaired) electrons. The number of methoxy groups -OCH3 is 2. The minimum Gasteiger partial charge on any atom is -0.493 e. The second kappa shape index (κ2) is 5.08. The summed E-state index contributed by atoms with van der Waals surface area (Å²) in [4.78, 5) is 29.5. The van der Waals surface area contributed by atoms with E-state index in [4.69, 9.17) is 9.47 Å². The highest BCUT2D eigenvalue weighted by atomic mass is 16.5. The van der Waals surface area contributed by atoms with Crippen molar-refractivity contribution in [3.63, 3.8) is 0 Å². The largest absolute Gasteiger partial charge is 0.493 e. The van der Waals surface area contributed by atoms with Crippen LogP contribution in [0.2, 0.25) is 0 Å². The molecule has 1 N–H and O–H groups in total. The molecule has 2 heterocycles. The van der Waals surface area contributed by atoms with Crippen molar-refractivity contribution in [1.82, 2.24) is 14.8 Å². The van der Waals surface area contributed by atoms with Crippen molar-refractivity contribution in [1.29, 1.82) is 0 Å². The first-order valence-corrected chi connectivity index (χ1v) is 8.22. The van der Waals surface area contributed by atoms with Crippen molar-refractivity contribution >= 4 is 5.78 Å². The van der Waals surface area contributed by atoms with Crippen molar-refractivity contribution in [2.75, 3.05) is 14.2 Å². The van der Waals surface area contributed by atoms with Gasteiger partial charge in [-0.15, -0.1) is 0 Å². The fourth-order valence-corrected chi connectivity index (χ4v) is 4.21. The van der Waals surface area contributed by atoms with Gasteiger partial charge >= 0.3 is 5.69 Å². The predicted octanol–water partition coefficient (Wildman–Crippen LogP) is 2.14. The lowest BCUT2D eigenvalue weighted by atomic mass is 9.85. The van der Waals surface area contributed by atoms with Gasteiger partial charge in [0.1, 0.15) is 0 Å². The second-order valence-electron chi connectivity index (χ2n) is 6.36. The van der Waals surface area contributed by atoms with Crippen LogP contribution in [0.1, 0.15) is 33.4 Å². The highest BCUT2D eigenvalue weighted by Crippen LogP contribution is 2.54. The molecule has 1 aromatic heterocycles. The minimum atomic E-state index is -0.445. The summed E-state index contributed by atoms with van der Waals surface area (Å²) in [5.74, 6) is 0.979. The summed E-state index contributed by atoms with van der Waals surface area (Å²) in [6.45, 7) is 0. The third kappa shape index (κ3) is 1.69. The number of aromatic nitrogens is 3. The molecular weight excluding hydrogens is 334 g/mol. The summed E-state index contributed by atoms with van der Waals surface area (Å²) in [7, 11) is 3.06. The molecule has 3 aromatic rings. The molecule has 1 aliphatic heterocycles. The number of carbonyl (C=O) groups excluding carboxylic acids is 1. The fourth-order valence-electron chi connectivity index (χ4n) is 4.21. The smallest absolute Gasteiger partial charge is 0.361 e. The van der Waals surface area contributed by atoms with E-state index in [9.17, 15) is 9.59 Å². The number of hydrogen-bond donors (Lipinski definition) is 1. The molecule has 130 valence electrons. The van der Waals surface area contributed by atoms with Crippen LogP contribution in [-0.2, 0) is 0 Å². The first-order valence-electron chi connectivity index (χ1n) is 8.22. The van der Waals surface area contributed by atoms with E-state index in [0.29, 0.717) is 22.9 Å². The maximum atomic E-state index is 13.4. The van der Waals surface area contributed by atoms with Crippen LogP contribution in [0.5, 0.6) is 11.5 Å². The molecule has 0 saturated heterocycles. The van der Waals surface area contributed by atoms with Crippen LogP contribution in [0.25, 0.3) is 11.4 Å². The Morgan fingerprint density at radius 1 is 1.04 bits per heavy atom. The number of nitrogens with zero attached hydrogens (tertiary/aromatic N) is 2. The van der Waals surface area contributed by atoms with Crippen molar-refractivity contribution in [2.24, 2.45) is 0 Å². The van der Waals surface area contributed by atoms with E-state index in [1.807, 2.05) is 30.3 Å². The van der Waals surface area contributed by atoms with Crippen molar-refractivity contribution < 1.29 is 14.3 Å². The first kappa shape index (κ1) is 14.9. The lowest BCUT2D eigenvalue weighted by Gasteiger charge is -2.28. The van der Waals surface area contributed by atoms with Gasteiger partial charge in [0, 0.05) is 5.56 Å². The number of benzene rings is 2. The Bertz CT molecular complexity index is 1130. The van der Waals surface area contributed by atoms with Crippen molar-refractivity contribution in [2.45, 2.75) is 12.0 Å². The monoisotopic (exact) mass is 349 g/mol. The van der Waals surface area contributed by atoms with E-state index >= 15 is 0 Å². The molecule has 26 heavy (non-hydrogen) atoms. The van der Waals surface area contributed by atoms with Gasteiger partial charge in [-0.05, 0) is 17.2 Å². The number of carbonyl (C=O) groups is 1. The molecular formula is C19H15N3O4. The topological polar surface area (TPSA) is 86.2 Å². The number of nitrogens with one attached hydrogen (secondary N) is 1.